The minimum atomic E-state index is -0.251. The number of amides is 1. The first-order chi connectivity index (χ1) is 9.93. The summed E-state index contributed by atoms with van der Waals surface area (Å²) in [6.45, 7) is 10.9. The Morgan fingerprint density at radius 2 is 2.10 bits per heavy atom. The number of nitrogens with two attached hydrogens (primary N) is 1. The van der Waals surface area contributed by atoms with E-state index in [2.05, 4.69) is 32.6 Å². The SMILES string of the molecule is C=C(c1cccc(C)c1C)N1CCCC1C(N)=O.CC=N. The first kappa shape index (κ1) is 17.0. The van der Waals surface area contributed by atoms with Crippen LogP contribution in [-0.2, 0) is 4.79 Å². The van der Waals surface area contributed by atoms with Gasteiger partial charge < -0.3 is 16.0 Å². The molecule has 0 radical (unpaired) electrons. The molecule has 0 bridgehead atoms. The van der Waals surface area contributed by atoms with Crippen molar-refractivity contribution in [1.29, 1.82) is 5.41 Å². The van der Waals surface area contributed by atoms with Gasteiger partial charge in [0.1, 0.15) is 6.04 Å². The molecular weight excluding hydrogens is 262 g/mol. The molecule has 0 saturated carbocycles. The number of aryl methyl sites for hydroxylation is 1. The molecule has 1 aliphatic heterocycles. The predicted molar refractivity (Wildman–Crippen MR) is 88.3 cm³/mol. The van der Waals surface area contributed by atoms with Crippen LogP contribution >= 0.6 is 0 Å². The molecule has 1 aromatic rings. The molecular formula is C17H25N3O. The van der Waals surface area contributed by atoms with E-state index in [1.54, 1.807) is 6.92 Å². The van der Waals surface area contributed by atoms with Crippen LogP contribution in [0, 0.1) is 19.3 Å². The van der Waals surface area contributed by atoms with E-state index in [9.17, 15) is 4.79 Å². The van der Waals surface area contributed by atoms with Crippen molar-refractivity contribution in [3.8, 4) is 0 Å². The van der Waals surface area contributed by atoms with Crippen LogP contribution in [0.25, 0.3) is 5.70 Å². The molecule has 4 nitrogen and oxygen atoms in total. The van der Waals surface area contributed by atoms with Crippen molar-refractivity contribution < 1.29 is 4.79 Å². The molecule has 21 heavy (non-hydrogen) atoms. The fourth-order valence-corrected chi connectivity index (χ4v) is 2.60. The van der Waals surface area contributed by atoms with Crippen LogP contribution in [0.2, 0.25) is 0 Å². The molecule has 1 saturated heterocycles. The average molecular weight is 287 g/mol. The summed E-state index contributed by atoms with van der Waals surface area (Å²) in [5.41, 5.74) is 9.94. The third-order valence-corrected chi connectivity index (χ3v) is 3.84. The van der Waals surface area contributed by atoms with E-state index in [1.165, 1.54) is 17.3 Å². The first-order valence-electron chi connectivity index (χ1n) is 7.20. The lowest BCUT2D eigenvalue weighted by Crippen LogP contribution is -2.39. The van der Waals surface area contributed by atoms with Gasteiger partial charge >= 0.3 is 0 Å². The van der Waals surface area contributed by atoms with E-state index >= 15 is 0 Å². The number of primary amides is 1. The van der Waals surface area contributed by atoms with E-state index < -0.39 is 0 Å². The standard InChI is InChI=1S/C15H20N2O.C2H5N/c1-10-6-4-7-13(11(10)2)12(3)17-9-5-8-14(17)15(16)18;1-2-3/h4,6-7,14H,3,5,8-9H2,1-2H3,(H2,16,18);2-3H,1H3. The largest absolute Gasteiger partial charge is 0.368 e. The average Bonchev–Trinajstić information content (AvgIpc) is 2.91. The van der Waals surface area contributed by atoms with E-state index in [-0.39, 0.29) is 11.9 Å². The monoisotopic (exact) mass is 287 g/mol. The Morgan fingerprint density at radius 3 is 2.67 bits per heavy atom. The molecule has 1 amide bonds. The zero-order valence-electron chi connectivity index (χ0n) is 13.1. The lowest BCUT2D eigenvalue weighted by atomic mass is 10.0. The van der Waals surface area contributed by atoms with E-state index in [0.29, 0.717) is 0 Å². The maximum absolute atomic E-state index is 11.4. The number of rotatable bonds is 3. The van der Waals surface area contributed by atoms with Gasteiger partial charge in [0.2, 0.25) is 5.91 Å². The second kappa shape index (κ2) is 7.62. The summed E-state index contributed by atoms with van der Waals surface area (Å²) in [6, 6.07) is 5.97. The molecule has 1 heterocycles. The number of benzene rings is 1. The Bertz CT molecular complexity index is 537. The molecule has 114 valence electrons. The Morgan fingerprint density at radius 1 is 1.48 bits per heavy atom. The van der Waals surface area contributed by atoms with Gasteiger partial charge in [0.15, 0.2) is 0 Å². The minimum absolute atomic E-state index is 0.197. The van der Waals surface area contributed by atoms with Crippen molar-refractivity contribution in [2.75, 3.05) is 6.54 Å². The molecule has 2 rings (SSSR count). The molecule has 4 heteroatoms. The minimum Gasteiger partial charge on any atom is -0.368 e. The van der Waals surface area contributed by atoms with E-state index in [1.807, 2.05) is 11.0 Å². The topological polar surface area (TPSA) is 70.2 Å². The van der Waals surface area contributed by atoms with E-state index in [4.69, 9.17) is 11.1 Å². The van der Waals surface area contributed by atoms with Crippen LogP contribution in [0.1, 0.15) is 36.5 Å². The molecule has 3 N–H and O–H groups in total. The summed E-state index contributed by atoms with van der Waals surface area (Å²) < 4.78 is 0. The zero-order chi connectivity index (χ0) is 16.0. The fraction of sp³-hybridized carbons (Fsp3) is 0.412. The van der Waals surface area contributed by atoms with Gasteiger partial charge in [0.25, 0.3) is 0 Å². The number of hydrogen-bond donors (Lipinski definition) is 2. The fourth-order valence-electron chi connectivity index (χ4n) is 2.60. The van der Waals surface area contributed by atoms with Crippen LogP contribution in [0.5, 0.6) is 0 Å². The van der Waals surface area contributed by atoms with Crippen molar-refractivity contribution in [3.05, 3.63) is 41.5 Å². The number of nitrogens with one attached hydrogen (secondary N) is 1. The molecule has 1 atom stereocenters. The van der Waals surface area contributed by atoms with Crippen molar-refractivity contribution in [3.63, 3.8) is 0 Å². The van der Waals surface area contributed by atoms with Gasteiger partial charge in [-0.1, -0.05) is 24.8 Å². The highest BCUT2D eigenvalue weighted by Crippen LogP contribution is 2.29. The quantitative estimate of drug-likeness (QED) is 0.839. The van der Waals surface area contributed by atoms with Gasteiger partial charge in [-0.2, -0.15) is 0 Å². The number of carbonyl (C=O) groups is 1. The summed E-state index contributed by atoms with van der Waals surface area (Å²) in [4.78, 5) is 13.5. The Kier molecular flexibility index (Phi) is 6.15. The van der Waals surface area contributed by atoms with Crippen LogP contribution in [0.4, 0.5) is 0 Å². The normalized spacial score (nSPS) is 16.9. The van der Waals surface area contributed by atoms with Gasteiger partial charge in [-0.25, -0.2) is 0 Å². The summed E-state index contributed by atoms with van der Waals surface area (Å²) >= 11 is 0. The van der Waals surface area contributed by atoms with Gasteiger partial charge in [0, 0.05) is 17.8 Å². The lowest BCUT2D eigenvalue weighted by molar-refractivity contribution is -0.121. The van der Waals surface area contributed by atoms with Crippen LogP contribution in [0.3, 0.4) is 0 Å². The molecule has 0 aromatic heterocycles. The molecule has 1 aliphatic rings. The van der Waals surface area contributed by atoms with E-state index in [0.717, 1.165) is 30.6 Å². The summed E-state index contributed by atoms with van der Waals surface area (Å²) in [7, 11) is 0. The van der Waals surface area contributed by atoms with Gasteiger partial charge in [-0.3, -0.25) is 4.79 Å². The van der Waals surface area contributed by atoms with Gasteiger partial charge in [-0.05, 0) is 51.0 Å². The second-order valence-electron chi connectivity index (χ2n) is 5.24. The lowest BCUT2D eigenvalue weighted by Gasteiger charge is -2.27. The van der Waals surface area contributed by atoms with Crippen molar-refractivity contribution in [1.82, 2.24) is 4.90 Å². The van der Waals surface area contributed by atoms with Gasteiger partial charge in [-0.15, -0.1) is 0 Å². The second-order valence-corrected chi connectivity index (χ2v) is 5.24. The van der Waals surface area contributed by atoms with Crippen LogP contribution < -0.4 is 5.73 Å². The molecule has 1 fully saturated rings. The van der Waals surface area contributed by atoms with Crippen molar-refractivity contribution >= 4 is 17.8 Å². The first-order valence-corrected chi connectivity index (χ1v) is 7.20. The summed E-state index contributed by atoms with van der Waals surface area (Å²) in [6.07, 6.45) is 3.08. The Hall–Kier alpha value is -2.10. The predicted octanol–water partition coefficient (Wildman–Crippen LogP) is 2.88. The Balaban J connectivity index is 0.000000677. The molecule has 1 unspecified atom stereocenters. The summed E-state index contributed by atoms with van der Waals surface area (Å²) in [5, 5.41) is 6.08. The van der Waals surface area contributed by atoms with Crippen LogP contribution in [-0.4, -0.2) is 29.6 Å². The highest BCUT2D eigenvalue weighted by molar-refractivity contribution is 5.82. The third kappa shape index (κ3) is 3.94. The smallest absolute Gasteiger partial charge is 0.240 e. The number of carbonyl (C=O) groups excluding carboxylic acids is 1. The number of nitrogens with zero attached hydrogens (tertiary/aromatic N) is 1. The highest BCUT2D eigenvalue weighted by Gasteiger charge is 2.30. The van der Waals surface area contributed by atoms with Crippen molar-refractivity contribution in [2.24, 2.45) is 5.73 Å². The zero-order valence-corrected chi connectivity index (χ0v) is 13.1. The summed E-state index contributed by atoms with van der Waals surface area (Å²) in [5.74, 6) is -0.251. The number of hydrogen-bond acceptors (Lipinski definition) is 3. The third-order valence-electron chi connectivity index (χ3n) is 3.84. The van der Waals surface area contributed by atoms with Crippen molar-refractivity contribution in [2.45, 2.75) is 39.7 Å². The highest BCUT2D eigenvalue weighted by atomic mass is 16.1. The molecule has 0 spiro atoms. The Labute approximate surface area is 127 Å². The number of likely N-dealkylation sites (tertiary alicyclic amines) is 1. The van der Waals surface area contributed by atoms with Crippen LogP contribution in [0.15, 0.2) is 24.8 Å². The maximum Gasteiger partial charge on any atom is 0.240 e. The molecule has 0 aliphatic carbocycles. The van der Waals surface area contributed by atoms with Gasteiger partial charge in [0.05, 0.1) is 0 Å². The maximum atomic E-state index is 11.4. The molecule has 1 aromatic carbocycles.